The Labute approximate surface area is 97.0 Å². The lowest BCUT2D eigenvalue weighted by molar-refractivity contribution is -0.138. The number of alkyl halides is 3. The second kappa shape index (κ2) is 3.63. The number of halogens is 3. The number of hydrogen-bond donors (Lipinski definition) is 1. The van der Waals surface area contributed by atoms with Gasteiger partial charge in [-0.25, -0.2) is 0 Å². The molecule has 2 rings (SSSR count). The summed E-state index contributed by atoms with van der Waals surface area (Å²) in [4.78, 5) is 0. The van der Waals surface area contributed by atoms with Gasteiger partial charge in [-0.15, -0.1) is 0 Å². The predicted molar refractivity (Wildman–Crippen MR) is 55.9 cm³/mol. The van der Waals surface area contributed by atoms with E-state index in [1.54, 1.807) is 0 Å². The zero-order valence-electron chi connectivity index (χ0n) is 9.51. The van der Waals surface area contributed by atoms with Crippen molar-refractivity contribution in [3.05, 3.63) is 29.3 Å². The summed E-state index contributed by atoms with van der Waals surface area (Å²) in [6, 6.07) is 3.85. The van der Waals surface area contributed by atoms with Crippen LogP contribution in [0.5, 0.6) is 5.75 Å². The van der Waals surface area contributed by atoms with Gasteiger partial charge in [0.15, 0.2) is 0 Å². The molecular weight excluding hydrogens is 233 g/mol. The van der Waals surface area contributed by atoms with Crippen molar-refractivity contribution in [3.8, 4) is 5.75 Å². The quantitative estimate of drug-likeness (QED) is 0.825. The summed E-state index contributed by atoms with van der Waals surface area (Å²) in [5.41, 5.74) is -1.71. The van der Waals surface area contributed by atoms with E-state index >= 15 is 0 Å². The Morgan fingerprint density at radius 3 is 2.47 bits per heavy atom. The first-order chi connectivity index (χ1) is 7.69. The second-order valence-corrected chi connectivity index (χ2v) is 4.74. The highest BCUT2D eigenvalue weighted by Gasteiger charge is 2.41. The molecule has 5 heteroatoms. The van der Waals surface area contributed by atoms with Gasteiger partial charge in [0, 0.05) is 12.0 Å². The summed E-state index contributed by atoms with van der Waals surface area (Å²) >= 11 is 0. The number of hydrogen-bond acceptors (Lipinski definition) is 2. The average Bonchev–Trinajstić information content (AvgIpc) is 2.57. The van der Waals surface area contributed by atoms with E-state index in [-0.39, 0.29) is 17.7 Å². The molecule has 94 valence electrons. The van der Waals surface area contributed by atoms with Gasteiger partial charge in [-0.1, -0.05) is 6.07 Å². The Hall–Kier alpha value is -1.23. The van der Waals surface area contributed by atoms with Crippen LogP contribution in [0.2, 0.25) is 0 Å². The molecule has 0 saturated heterocycles. The maximum absolute atomic E-state index is 12.7. The van der Waals surface area contributed by atoms with Gasteiger partial charge in [0.05, 0.1) is 11.2 Å². The third kappa shape index (κ3) is 2.24. The molecule has 1 aromatic rings. The molecule has 1 heterocycles. The molecule has 0 amide bonds. The minimum absolute atomic E-state index is 0.0779. The molecule has 1 aromatic carbocycles. The van der Waals surface area contributed by atoms with Crippen LogP contribution in [0.4, 0.5) is 13.2 Å². The molecule has 1 aliphatic heterocycles. The number of rotatable bonds is 1. The number of ether oxygens (including phenoxy) is 1. The fraction of sp³-hybridized carbons (Fsp3) is 0.500. The summed E-state index contributed by atoms with van der Waals surface area (Å²) < 4.78 is 43.6. The van der Waals surface area contributed by atoms with Gasteiger partial charge in [-0.3, -0.25) is 0 Å². The normalized spacial score (nSPS) is 20.0. The minimum atomic E-state index is -4.39. The Bertz CT molecular complexity index is 432. The van der Waals surface area contributed by atoms with E-state index in [0.717, 1.165) is 6.07 Å². The first-order valence-electron chi connectivity index (χ1n) is 5.27. The van der Waals surface area contributed by atoms with Crippen LogP contribution < -0.4 is 4.74 Å². The zero-order valence-corrected chi connectivity index (χ0v) is 9.51. The Balaban J connectivity index is 2.39. The standard InChI is InChI=1S/C12H13F3O2/c1-11(2,16)10-6-7-8(12(13,14)15)4-3-5-9(7)17-10/h3-5,10,16H,6H2,1-2H3. The Kier molecular flexibility index (Phi) is 2.61. The molecule has 1 unspecified atom stereocenters. The van der Waals surface area contributed by atoms with Gasteiger partial charge < -0.3 is 9.84 Å². The first-order valence-corrected chi connectivity index (χ1v) is 5.27. The highest BCUT2D eigenvalue weighted by molar-refractivity contribution is 5.45. The van der Waals surface area contributed by atoms with Gasteiger partial charge in [-0.2, -0.15) is 13.2 Å². The molecule has 0 fully saturated rings. The highest BCUT2D eigenvalue weighted by Crippen LogP contribution is 2.41. The topological polar surface area (TPSA) is 29.5 Å². The molecule has 0 aliphatic carbocycles. The summed E-state index contributed by atoms with van der Waals surface area (Å²) in [5.74, 6) is 0.215. The first kappa shape index (κ1) is 12.2. The molecule has 17 heavy (non-hydrogen) atoms. The SMILES string of the molecule is CC(C)(O)C1Cc2c(cccc2C(F)(F)F)O1. The molecule has 0 saturated carbocycles. The van der Waals surface area contributed by atoms with E-state index < -0.39 is 23.4 Å². The van der Waals surface area contributed by atoms with Crippen LogP contribution >= 0.6 is 0 Å². The summed E-state index contributed by atoms with van der Waals surface area (Å²) in [7, 11) is 0. The van der Waals surface area contributed by atoms with E-state index in [1.807, 2.05) is 0 Å². The molecule has 0 aromatic heterocycles. The molecule has 0 spiro atoms. The zero-order chi connectivity index (χ0) is 12.8. The highest BCUT2D eigenvalue weighted by atomic mass is 19.4. The maximum Gasteiger partial charge on any atom is 0.416 e. The van der Waals surface area contributed by atoms with Crippen LogP contribution in [0.3, 0.4) is 0 Å². The largest absolute Gasteiger partial charge is 0.487 e. The van der Waals surface area contributed by atoms with E-state index in [4.69, 9.17) is 4.74 Å². The summed E-state index contributed by atoms with van der Waals surface area (Å²) in [6.45, 7) is 3.05. The van der Waals surface area contributed by atoms with Crippen molar-refractivity contribution >= 4 is 0 Å². The molecule has 1 aliphatic rings. The average molecular weight is 246 g/mol. The van der Waals surface area contributed by atoms with E-state index in [2.05, 4.69) is 0 Å². The Morgan fingerprint density at radius 1 is 1.29 bits per heavy atom. The van der Waals surface area contributed by atoms with Gasteiger partial charge in [-0.05, 0) is 26.0 Å². The van der Waals surface area contributed by atoms with E-state index in [9.17, 15) is 18.3 Å². The summed E-state index contributed by atoms with van der Waals surface area (Å²) in [5, 5.41) is 9.78. The predicted octanol–water partition coefficient (Wildman–Crippen LogP) is 2.78. The maximum atomic E-state index is 12.7. The van der Waals surface area contributed by atoms with Crippen LogP contribution in [-0.4, -0.2) is 16.8 Å². The fourth-order valence-corrected chi connectivity index (χ4v) is 1.93. The molecule has 1 N–H and O–H groups in total. The van der Waals surface area contributed by atoms with Crippen LogP contribution in [-0.2, 0) is 12.6 Å². The van der Waals surface area contributed by atoms with Crippen molar-refractivity contribution in [1.82, 2.24) is 0 Å². The Morgan fingerprint density at radius 2 is 1.94 bits per heavy atom. The van der Waals surface area contributed by atoms with Crippen molar-refractivity contribution < 1.29 is 23.0 Å². The second-order valence-electron chi connectivity index (χ2n) is 4.74. The lowest BCUT2D eigenvalue weighted by Gasteiger charge is -2.24. The smallest absolute Gasteiger partial charge is 0.416 e. The fourth-order valence-electron chi connectivity index (χ4n) is 1.93. The van der Waals surface area contributed by atoms with E-state index in [1.165, 1.54) is 26.0 Å². The van der Waals surface area contributed by atoms with Crippen LogP contribution in [0, 0.1) is 0 Å². The molecule has 0 radical (unpaired) electrons. The third-order valence-electron chi connectivity index (χ3n) is 2.89. The monoisotopic (exact) mass is 246 g/mol. The van der Waals surface area contributed by atoms with Gasteiger partial charge >= 0.3 is 6.18 Å². The van der Waals surface area contributed by atoms with Gasteiger partial charge in [0.25, 0.3) is 0 Å². The molecular formula is C12H13F3O2. The van der Waals surface area contributed by atoms with Crippen molar-refractivity contribution in [2.24, 2.45) is 0 Å². The van der Waals surface area contributed by atoms with Crippen LogP contribution in [0.1, 0.15) is 25.0 Å². The molecule has 2 nitrogen and oxygen atoms in total. The minimum Gasteiger partial charge on any atom is -0.487 e. The number of fused-ring (bicyclic) bond motifs is 1. The van der Waals surface area contributed by atoms with Gasteiger partial charge in [0.1, 0.15) is 11.9 Å². The van der Waals surface area contributed by atoms with Crippen LogP contribution in [0.25, 0.3) is 0 Å². The summed E-state index contributed by atoms with van der Waals surface area (Å²) in [6.07, 6.45) is -4.95. The van der Waals surface area contributed by atoms with Gasteiger partial charge in [0.2, 0.25) is 0 Å². The van der Waals surface area contributed by atoms with Crippen molar-refractivity contribution in [2.45, 2.75) is 38.1 Å². The lowest BCUT2D eigenvalue weighted by atomic mass is 9.95. The van der Waals surface area contributed by atoms with Crippen molar-refractivity contribution in [1.29, 1.82) is 0 Å². The van der Waals surface area contributed by atoms with Crippen molar-refractivity contribution in [3.63, 3.8) is 0 Å². The number of benzene rings is 1. The number of aliphatic hydroxyl groups is 1. The lowest BCUT2D eigenvalue weighted by Crippen LogP contribution is -2.39. The van der Waals surface area contributed by atoms with Crippen molar-refractivity contribution in [2.75, 3.05) is 0 Å². The molecule has 0 bridgehead atoms. The third-order valence-corrected chi connectivity index (χ3v) is 2.89. The molecule has 1 atom stereocenters. The van der Waals surface area contributed by atoms with Crippen LogP contribution in [0.15, 0.2) is 18.2 Å². The van der Waals surface area contributed by atoms with E-state index in [0.29, 0.717) is 0 Å².